The second-order valence-corrected chi connectivity index (χ2v) is 5.29. The number of nitrogens with one attached hydrogen (secondary N) is 2. The Balaban J connectivity index is 2.77. The van der Waals surface area contributed by atoms with Crippen molar-refractivity contribution in [2.45, 2.75) is 18.9 Å². The van der Waals surface area contributed by atoms with E-state index < -0.39 is 0 Å². The van der Waals surface area contributed by atoms with Gasteiger partial charge < -0.3 is 10.6 Å². The van der Waals surface area contributed by atoms with Crippen LogP contribution in [-0.4, -0.2) is 16.8 Å². The minimum absolute atomic E-state index is 0.232. The van der Waals surface area contributed by atoms with E-state index in [1.54, 1.807) is 5.38 Å². The molecule has 2 heterocycles. The SMILES string of the molecule is CC(=O)Nc1nc(S)c(C#N)c2csc(NC(C)=O)c12. The Morgan fingerprint density at radius 2 is 2.00 bits per heavy atom. The lowest BCUT2D eigenvalue weighted by atomic mass is 10.1. The summed E-state index contributed by atoms with van der Waals surface area (Å²) >= 11 is 5.42. The van der Waals surface area contributed by atoms with Gasteiger partial charge in [-0.3, -0.25) is 9.59 Å². The summed E-state index contributed by atoms with van der Waals surface area (Å²) in [6.07, 6.45) is 0. The van der Waals surface area contributed by atoms with E-state index in [4.69, 9.17) is 0 Å². The van der Waals surface area contributed by atoms with Gasteiger partial charge >= 0.3 is 0 Å². The molecule has 0 atom stereocenters. The van der Waals surface area contributed by atoms with Gasteiger partial charge in [0.25, 0.3) is 0 Å². The van der Waals surface area contributed by atoms with Gasteiger partial charge in [0.15, 0.2) is 0 Å². The lowest BCUT2D eigenvalue weighted by Gasteiger charge is -2.08. The number of hydrogen-bond acceptors (Lipinski definition) is 6. The molecule has 6 nitrogen and oxygen atoms in total. The smallest absolute Gasteiger partial charge is 0.222 e. The third-order valence-corrected chi connectivity index (χ3v) is 3.65. The second kappa shape index (κ2) is 5.48. The number of thiophene rings is 1. The fourth-order valence-corrected chi connectivity index (χ4v) is 3.00. The van der Waals surface area contributed by atoms with E-state index in [-0.39, 0.29) is 22.7 Å². The maximum Gasteiger partial charge on any atom is 0.222 e. The van der Waals surface area contributed by atoms with Crippen molar-refractivity contribution < 1.29 is 9.59 Å². The largest absolute Gasteiger partial charge is 0.317 e. The molecule has 2 amide bonds. The van der Waals surface area contributed by atoms with Gasteiger partial charge in [0.1, 0.15) is 21.9 Å². The molecule has 2 aromatic rings. The topological polar surface area (TPSA) is 94.9 Å². The van der Waals surface area contributed by atoms with E-state index in [2.05, 4.69) is 28.2 Å². The average Bonchev–Trinajstić information content (AvgIpc) is 2.71. The lowest BCUT2D eigenvalue weighted by Crippen LogP contribution is -2.10. The molecule has 2 rings (SSSR count). The molecule has 0 bridgehead atoms. The Morgan fingerprint density at radius 1 is 1.35 bits per heavy atom. The first-order valence-corrected chi connectivity index (χ1v) is 6.86. The molecule has 8 heteroatoms. The first-order chi connectivity index (χ1) is 9.43. The van der Waals surface area contributed by atoms with Crippen molar-refractivity contribution in [2.24, 2.45) is 0 Å². The zero-order valence-corrected chi connectivity index (χ0v) is 12.4. The van der Waals surface area contributed by atoms with Crippen molar-refractivity contribution >= 4 is 57.4 Å². The molecule has 0 saturated carbocycles. The highest BCUT2D eigenvalue weighted by Gasteiger charge is 2.18. The normalized spacial score (nSPS) is 10.1. The van der Waals surface area contributed by atoms with Crippen LogP contribution in [-0.2, 0) is 9.59 Å². The minimum atomic E-state index is -0.295. The third kappa shape index (κ3) is 2.59. The number of fused-ring (bicyclic) bond motifs is 1. The quantitative estimate of drug-likeness (QED) is 0.742. The summed E-state index contributed by atoms with van der Waals surface area (Å²) in [4.78, 5) is 26.6. The zero-order chi connectivity index (χ0) is 14.9. The fourth-order valence-electron chi connectivity index (χ4n) is 1.73. The number of thiol groups is 1. The molecule has 0 aromatic carbocycles. The maximum absolute atomic E-state index is 11.3. The van der Waals surface area contributed by atoms with Crippen molar-refractivity contribution in [2.75, 3.05) is 10.6 Å². The first kappa shape index (κ1) is 14.3. The Hall–Kier alpha value is -2.11. The molecule has 0 saturated heterocycles. The highest BCUT2D eigenvalue weighted by molar-refractivity contribution is 7.80. The van der Waals surface area contributed by atoms with E-state index in [0.29, 0.717) is 21.3 Å². The number of aromatic nitrogens is 1. The second-order valence-electron chi connectivity index (χ2n) is 3.99. The minimum Gasteiger partial charge on any atom is -0.317 e. The zero-order valence-electron chi connectivity index (χ0n) is 10.6. The van der Waals surface area contributed by atoms with Crippen LogP contribution in [0.2, 0.25) is 0 Å². The Labute approximate surface area is 124 Å². The number of anilines is 2. The fraction of sp³-hybridized carbons (Fsp3) is 0.167. The van der Waals surface area contributed by atoms with Crippen molar-refractivity contribution in [1.29, 1.82) is 5.26 Å². The summed E-state index contributed by atoms with van der Waals surface area (Å²) in [5.74, 6) is -0.256. The molecule has 0 spiro atoms. The molecule has 0 aliphatic heterocycles. The molecule has 0 aliphatic rings. The van der Waals surface area contributed by atoms with Crippen molar-refractivity contribution in [3.63, 3.8) is 0 Å². The number of hydrogen-bond donors (Lipinski definition) is 3. The molecule has 0 unspecified atom stereocenters. The van der Waals surface area contributed by atoms with Gasteiger partial charge in [0, 0.05) is 24.6 Å². The maximum atomic E-state index is 11.3. The van der Waals surface area contributed by atoms with Gasteiger partial charge in [-0.1, -0.05) is 0 Å². The first-order valence-electron chi connectivity index (χ1n) is 5.53. The number of nitrogens with zero attached hydrogens (tertiary/aromatic N) is 2. The standard InChI is InChI=1S/C12H10N4O2S2/c1-5(17)14-10-9-8(7(3-13)11(19)16-10)4-20-12(9)15-6(2)18/h4,19H,1-2H3,(H,15,18)(H,14,16,17). The number of nitriles is 1. The van der Waals surface area contributed by atoms with Crippen LogP contribution < -0.4 is 10.6 Å². The van der Waals surface area contributed by atoms with Crippen LogP contribution in [0.4, 0.5) is 10.8 Å². The van der Waals surface area contributed by atoms with Crippen LogP contribution >= 0.6 is 24.0 Å². The summed E-state index contributed by atoms with van der Waals surface area (Å²) in [5.41, 5.74) is 0.310. The predicted octanol–water partition coefficient (Wildman–Crippen LogP) is 2.37. The molecule has 102 valence electrons. The van der Waals surface area contributed by atoms with Gasteiger partial charge in [-0.25, -0.2) is 4.98 Å². The predicted molar refractivity (Wildman–Crippen MR) is 80.2 cm³/mol. The summed E-state index contributed by atoms with van der Waals surface area (Å²) in [6, 6.07) is 2.03. The van der Waals surface area contributed by atoms with Gasteiger partial charge in [-0.2, -0.15) is 5.26 Å². The average molecular weight is 306 g/mol. The Morgan fingerprint density at radius 3 is 2.55 bits per heavy atom. The number of amides is 2. The van der Waals surface area contributed by atoms with E-state index >= 15 is 0 Å². The van der Waals surface area contributed by atoms with E-state index in [1.807, 2.05) is 6.07 Å². The molecule has 0 radical (unpaired) electrons. The van der Waals surface area contributed by atoms with Crippen LogP contribution in [0.25, 0.3) is 10.8 Å². The Kier molecular flexibility index (Phi) is 3.92. The van der Waals surface area contributed by atoms with Crippen molar-refractivity contribution in [3.8, 4) is 6.07 Å². The van der Waals surface area contributed by atoms with Gasteiger partial charge in [-0.05, 0) is 0 Å². The van der Waals surface area contributed by atoms with E-state index in [1.165, 1.54) is 25.2 Å². The summed E-state index contributed by atoms with van der Waals surface area (Å²) in [5, 5.41) is 18.1. The Bertz CT molecular complexity index is 761. The molecule has 0 aliphatic carbocycles. The number of pyridine rings is 1. The van der Waals surface area contributed by atoms with Crippen molar-refractivity contribution in [3.05, 3.63) is 10.9 Å². The van der Waals surface area contributed by atoms with Crippen LogP contribution in [0.5, 0.6) is 0 Å². The van der Waals surface area contributed by atoms with E-state index in [9.17, 15) is 14.9 Å². The van der Waals surface area contributed by atoms with Gasteiger partial charge in [0.05, 0.1) is 10.9 Å². The highest BCUT2D eigenvalue weighted by Crippen LogP contribution is 2.39. The molecule has 2 aromatic heterocycles. The lowest BCUT2D eigenvalue weighted by molar-refractivity contribution is -0.115. The summed E-state index contributed by atoms with van der Waals surface area (Å²) in [7, 11) is 0. The molecule has 20 heavy (non-hydrogen) atoms. The third-order valence-electron chi connectivity index (χ3n) is 2.43. The van der Waals surface area contributed by atoms with Crippen LogP contribution in [0.3, 0.4) is 0 Å². The molecule has 0 fully saturated rings. The van der Waals surface area contributed by atoms with Crippen molar-refractivity contribution in [1.82, 2.24) is 4.98 Å². The summed E-state index contributed by atoms with van der Waals surface area (Å²) < 4.78 is 0. The van der Waals surface area contributed by atoms with E-state index in [0.717, 1.165) is 0 Å². The molecular weight excluding hydrogens is 296 g/mol. The molecule has 2 N–H and O–H groups in total. The highest BCUT2D eigenvalue weighted by atomic mass is 32.1. The molecular formula is C12H10N4O2S2. The number of carbonyl (C=O) groups is 2. The summed E-state index contributed by atoms with van der Waals surface area (Å²) in [6.45, 7) is 2.74. The monoisotopic (exact) mass is 306 g/mol. The van der Waals surface area contributed by atoms with Crippen LogP contribution in [0.15, 0.2) is 10.4 Å². The number of carbonyl (C=O) groups excluding carboxylic acids is 2. The van der Waals surface area contributed by atoms with Crippen LogP contribution in [0, 0.1) is 11.3 Å². The van der Waals surface area contributed by atoms with Gasteiger partial charge in [-0.15, -0.1) is 24.0 Å². The van der Waals surface area contributed by atoms with Gasteiger partial charge in [0.2, 0.25) is 11.8 Å². The van der Waals surface area contributed by atoms with Crippen LogP contribution in [0.1, 0.15) is 19.4 Å². The number of rotatable bonds is 2.